The summed E-state index contributed by atoms with van der Waals surface area (Å²) in [5.74, 6) is 1.89. The minimum Gasteiger partial charge on any atom is -0.459 e. The molecule has 6 heteroatoms. The van der Waals surface area contributed by atoms with Crippen molar-refractivity contribution in [2.75, 3.05) is 31.5 Å². The van der Waals surface area contributed by atoms with Crippen LogP contribution in [0, 0.1) is 0 Å². The molecule has 6 rings (SSSR count). The molecule has 1 spiro atoms. The van der Waals surface area contributed by atoms with Crippen LogP contribution in [0.5, 0.6) is 0 Å². The second-order valence-electron chi connectivity index (χ2n) is 10.4. The van der Waals surface area contributed by atoms with Gasteiger partial charge in [-0.2, -0.15) is 0 Å². The molecule has 2 aliphatic heterocycles. The molecule has 0 unspecified atom stereocenters. The number of piperazine rings is 1. The van der Waals surface area contributed by atoms with Gasteiger partial charge in [0.15, 0.2) is 0 Å². The van der Waals surface area contributed by atoms with Crippen molar-refractivity contribution in [3.8, 4) is 0 Å². The molecule has 2 saturated carbocycles. The predicted octanol–water partition coefficient (Wildman–Crippen LogP) is 5.79. The molecule has 0 amide bonds. The largest absolute Gasteiger partial charge is 0.459 e. The number of nitrogens with one attached hydrogen (secondary N) is 2. The van der Waals surface area contributed by atoms with Crippen molar-refractivity contribution < 1.29 is 4.42 Å². The van der Waals surface area contributed by atoms with Gasteiger partial charge < -0.3 is 15.1 Å². The van der Waals surface area contributed by atoms with E-state index in [0.717, 1.165) is 71.8 Å². The summed E-state index contributed by atoms with van der Waals surface area (Å²) in [6.07, 6.45) is 11.5. The van der Waals surface area contributed by atoms with Gasteiger partial charge in [-0.05, 0) is 37.8 Å². The second kappa shape index (κ2) is 8.27. The summed E-state index contributed by atoms with van der Waals surface area (Å²) in [6.45, 7) is 9.67. The third-order valence-corrected chi connectivity index (χ3v) is 8.59. The Kier molecular flexibility index (Phi) is 5.39. The quantitative estimate of drug-likeness (QED) is 0.614. The Labute approximate surface area is 196 Å². The summed E-state index contributed by atoms with van der Waals surface area (Å²) in [5, 5.41) is 8.97. The smallest absolute Gasteiger partial charge is 0.142 e. The minimum atomic E-state index is -0.124. The summed E-state index contributed by atoms with van der Waals surface area (Å²) in [7, 11) is 0. The van der Waals surface area contributed by atoms with Gasteiger partial charge in [-0.3, -0.25) is 9.80 Å². The number of fused-ring (bicyclic) bond motifs is 4. The highest BCUT2D eigenvalue weighted by Gasteiger charge is 2.42. The van der Waals surface area contributed by atoms with Gasteiger partial charge in [0.1, 0.15) is 11.3 Å². The zero-order chi connectivity index (χ0) is 21.7. The fourth-order valence-corrected chi connectivity index (χ4v) is 6.96. The molecule has 0 bridgehead atoms. The third-order valence-electron chi connectivity index (χ3n) is 8.29. The molecule has 1 aromatic carbocycles. The highest BCUT2D eigenvalue weighted by molar-refractivity contribution is 6.34. The van der Waals surface area contributed by atoms with Crippen LogP contribution in [-0.2, 0) is 12.1 Å². The number of halogens is 1. The van der Waals surface area contributed by atoms with Gasteiger partial charge in [0.25, 0.3) is 0 Å². The highest BCUT2D eigenvalue weighted by Crippen LogP contribution is 2.49. The van der Waals surface area contributed by atoms with Gasteiger partial charge in [-0.1, -0.05) is 50.3 Å². The standard InChI is InChI=1S/C26H35ClN4O/c1-18-28-24-22(27)16-19-15-21(17-30-11-13-31(14-12-30)20-7-3-4-8-20)32-25(19)23(24)26(29-18)9-5-2-6-10-26/h15-16,20,28-29H,1-14,17H2. The van der Waals surface area contributed by atoms with Crippen LogP contribution < -0.4 is 10.6 Å². The first-order valence-electron chi connectivity index (χ1n) is 12.6. The molecule has 2 aromatic rings. The summed E-state index contributed by atoms with van der Waals surface area (Å²) in [4.78, 5) is 5.27. The van der Waals surface area contributed by atoms with E-state index in [9.17, 15) is 0 Å². The number of hydrogen-bond donors (Lipinski definition) is 2. The molecule has 2 aliphatic carbocycles. The zero-order valence-corrected chi connectivity index (χ0v) is 19.8. The summed E-state index contributed by atoms with van der Waals surface area (Å²) in [6, 6.07) is 5.10. The highest BCUT2D eigenvalue weighted by atomic mass is 35.5. The summed E-state index contributed by atoms with van der Waals surface area (Å²) < 4.78 is 6.59. The van der Waals surface area contributed by atoms with Crippen LogP contribution >= 0.6 is 11.6 Å². The first-order valence-corrected chi connectivity index (χ1v) is 12.9. The number of anilines is 1. The van der Waals surface area contributed by atoms with Crippen molar-refractivity contribution in [2.24, 2.45) is 0 Å². The number of nitrogens with zero attached hydrogens (tertiary/aromatic N) is 2. The maximum Gasteiger partial charge on any atom is 0.142 e. The molecule has 1 saturated heterocycles. The molecular formula is C26H35ClN4O. The molecule has 3 fully saturated rings. The van der Waals surface area contributed by atoms with E-state index in [-0.39, 0.29) is 5.54 Å². The SMILES string of the molecule is C=C1Nc2c(Cl)cc3cc(CN4CCN(C5CCCC5)CC4)oc3c2C2(CCCCC2)N1. The lowest BCUT2D eigenvalue weighted by Gasteiger charge is -2.44. The predicted molar refractivity (Wildman–Crippen MR) is 131 cm³/mol. The van der Waals surface area contributed by atoms with Gasteiger partial charge in [0.2, 0.25) is 0 Å². The lowest BCUT2D eigenvalue weighted by Crippen LogP contribution is -2.49. The van der Waals surface area contributed by atoms with Crippen molar-refractivity contribution in [1.82, 2.24) is 15.1 Å². The van der Waals surface area contributed by atoms with E-state index < -0.39 is 0 Å². The van der Waals surface area contributed by atoms with E-state index in [0.29, 0.717) is 0 Å². The lowest BCUT2D eigenvalue weighted by molar-refractivity contribution is 0.0898. The lowest BCUT2D eigenvalue weighted by atomic mass is 9.74. The van der Waals surface area contributed by atoms with Gasteiger partial charge >= 0.3 is 0 Å². The van der Waals surface area contributed by atoms with Crippen molar-refractivity contribution >= 4 is 28.3 Å². The molecular weight excluding hydrogens is 420 g/mol. The third kappa shape index (κ3) is 3.63. The first kappa shape index (κ1) is 20.9. The normalized spacial score (nSPS) is 24.6. The van der Waals surface area contributed by atoms with E-state index in [1.165, 1.54) is 63.6 Å². The van der Waals surface area contributed by atoms with Crippen LogP contribution in [0.25, 0.3) is 11.0 Å². The van der Waals surface area contributed by atoms with E-state index >= 15 is 0 Å². The molecule has 2 N–H and O–H groups in total. The van der Waals surface area contributed by atoms with E-state index in [1.807, 2.05) is 0 Å². The zero-order valence-electron chi connectivity index (χ0n) is 19.0. The van der Waals surface area contributed by atoms with Gasteiger partial charge in [0.05, 0.1) is 28.6 Å². The Bertz CT molecular complexity index is 1010. The van der Waals surface area contributed by atoms with Crippen LogP contribution in [0.2, 0.25) is 5.02 Å². The van der Waals surface area contributed by atoms with E-state index in [2.05, 4.69) is 39.1 Å². The molecule has 32 heavy (non-hydrogen) atoms. The van der Waals surface area contributed by atoms with Crippen molar-refractivity contribution in [3.05, 3.63) is 40.9 Å². The monoisotopic (exact) mass is 454 g/mol. The maximum absolute atomic E-state index is 6.78. The summed E-state index contributed by atoms with van der Waals surface area (Å²) in [5.41, 5.74) is 3.07. The second-order valence-corrected chi connectivity index (χ2v) is 10.8. The Balaban J connectivity index is 1.27. The average molecular weight is 455 g/mol. The molecule has 0 radical (unpaired) electrons. The molecule has 1 aromatic heterocycles. The average Bonchev–Trinajstić information content (AvgIpc) is 3.45. The molecule has 4 aliphatic rings. The summed E-state index contributed by atoms with van der Waals surface area (Å²) >= 11 is 6.78. The Hall–Kier alpha value is -1.69. The van der Waals surface area contributed by atoms with E-state index in [4.69, 9.17) is 16.0 Å². The van der Waals surface area contributed by atoms with E-state index in [1.54, 1.807) is 0 Å². The fourth-order valence-electron chi connectivity index (χ4n) is 6.70. The maximum atomic E-state index is 6.78. The molecule has 5 nitrogen and oxygen atoms in total. The topological polar surface area (TPSA) is 43.7 Å². The van der Waals surface area contributed by atoms with Crippen LogP contribution in [-0.4, -0.2) is 42.0 Å². The molecule has 3 heterocycles. The fraction of sp³-hybridized carbons (Fsp3) is 0.615. The Morgan fingerprint density at radius 2 is 1.78 bits per heavy atom. The molecule has 172 valence electrons. The van der Waals surface area contributed by atoms with Crippen LogP contribution in [0.15, 0.2) is 28.9 Å². The van der Waals surface area contributed by atoms with Crippen LogP contribution in [0.1, 0.15) is 69.1 Å². The van der Waals surface area contributed by atoms with Gasteiger partial charge in [-0.25, -0.2) is 0 Å². The van der Waals surface area contributed by atoms with Crippen molar-refractivity contribution in [2.45, 2.75) is 75.9 Å². The number of rotatable bonds is 3. The first-order chi connectivity index (χ1) is 15.6. The van der Waals surface area contributed by atoms with Crippen molar-refractivity contribution in [1.29, 1.82) is 0 Å². The number of hydrogen-bond acceptors (Lipinski definition) is 5. The Morgan fingerprint density at radius 1 is 1.03 bits per heavy atom. The van der Waals surface area contributed by atoms with Gasteiger partial charge in [0, 0.05) is 43.2 Å². The Morgan fingerprint density at radius 3 is 2.53 bits per heavy atom. The van der Waals surface area contributed by atoms with Crippen LogP contribution in [0.4, 0.5) is 5.69 Å². The van der Waals surface area contributed by atoms with Crippen LogP contribution in [0.3, 0.4) is 0 Å². The van der Waals surface area contributed by atoms with Gasteiger partial charge in [-0.15, -0.1) is 0 Å². The molecule has 0 atom stereocenters. The number of benzene rings is 1. The number of furan rings is 1. The minimum absolute atomic E-state index is 0.124. The van der Waals surface area contributed by atoms with Crippen molar-refractivity contribution in [3.63, 3.8) is 0 Å².